The number of allylic oxidation sites excluding steroid dienone is 9. The molecule has 1 heterocycles. The van der Waals surface area contributed by atoms with E-state index in [2.05, 4.69) is 67.8 Å². The maximum atomic E-state index is 12.8. The van der Waals surface area contributed by atoms with Crippen molar-refractivity contribution in [1.82, 2.24) is 5.32 Å². The smallest absolute Gasteiger partial charge is 0.220 e. The summed E-state index contributed by atoms with van der Waals surface area (Å²) in [4.78, 5) is 12.8. The maximum absolute atomic E-state index is 12.8. The first-order valence-electron chi connectivity index (χ1n) is 20.5. The molecule has 0 bridgehead atoms. The third kappa shape index (κ3) is 24.3. The molecule has 1 amide bonds. The van der Waals surface area contributed by atoms with Gasteiger partial charge in [-0.3, -0.25) is 4.79 Å². The predicted molar refractivity (Wildman–Crippen MR) is 212 cm³/mol. The Morgan fingerprint density at radius 1 is 0.673 bits per heavy atom. The average molecular weight is 734 g/mol. The van der Waals surface area contributed by atoms with Gasteiger partial charge in [0.2, 0.25) is 5.91 Å². The number of aliphatic hydroxyl groups is 5. The van der Waals surface area contributed by atoms with Crippen LogP contribution in [0.2, 0.25) is 0 Å². The minimum Gasteiger partial charge on any atom is -0.394 e. The van der Waals surface area contributed by atoms with Crippen molar-refractivity contribution in [2.45, 2.75) is 192 Å². The number of rotatable bonds is 32. The Morgan fingerprint density at radius 2 is 1.19 bits per heavy atom. The van der Waals surface area contributed by atoms with E-state index >= 15 is 0 Å². The van der Waals surface area contributed by atoms with Gasteiger partial charge in [0.15, 0.2) is 6.29 Å². The molecule has 1 aliphatic heterocycles. The van der Waals surface area contributed by atoms with E-state index < -0.39 is 49.5 Å². The molecule has 0 saturated carbocycles. The van der Waals surface area contributed by atoms with Crippen molar-refractivity contribution >= 4 is 5.91 Å². The lowest BCUT2D eigenvalue weighted by Crippen LogP contribution is -2.60. The van der Waals surface area contributed by atoms with E-state index in [1.54, 1.807) is 6.08 Å². The summed E-state index contributed by atoms with van der Waals surface area (Å²) in [5.74, 6) is -0.192. The van der Waals surface area contributed by atoms with Crippen molar-refractivity contribution in [3.05, 3.63) is 60.8 Å². The normalized spacial score (nSPS) is 22.5. The van der Waals surface area contributed by atoms with Gasteiger partial charge in [-0.2, -0.15) is 0 Å². The van der Waals surface area contributed by atoms with Gasteiger partial charge < -0.3 is 40.3 Å². The maximum Gasteiger partial charge on any atom is 0.220 e. The highest BCUT2D eigenvalue weighted by atomic mass is 16.7. The summed E-state index contributed by atoms with van der Waals surface area (Å²) in [5.41, 5.74) is 0. The molecule has 6 N–H and O–H groups in total. The molecule has 0 aromatic heterocycles. The van der Waals surface area contributed by atoms with E-state index in [1.807, 2.05) is 6.08 Å². The molecule has 1 saturated heterocycles. The number of aliphatic hydroxyl groups excluding tert-OH is 5. The molecule has 9 nitrogen and oxygen atoms in total. The summed E-state index contributed by atoms with van der Waals surface area (Å²) < 4.78 is 11.1. The molecule has 7 unspecified atom stereocenters. The van der Waals surface area contributed by atoms with Crippen LogP contribution >= 0.6 is 0 Å². The molecule has 9 heteroatoms. The zero-order valence-corrected chi connectivity index (χ0v) is 32.5. The Morgan fingerprint density at radius 3 is 1.77 bits per heavy atom. The molecule has 0 radical (unpaired) electrons. The number of hydrogen-bond donors (Lipinski definition) is 6. The number of hydrogen-bond acceptors (Lipinski definition) is 8. The largest absolute Gasteiger partial charge is 0.394 e. The first kappa shape index (κ1) is 47.9. The van der Waals surface area contributed by atoms with Gasteiger partial charge in [0, 0.05) is 6.42 Å². The second-order valence-corrected chi connectivity index (χ2v) is 14.0. The number of ether oxygens (including phenoxy) is 2. The molecule has 52 heavy (non-hydrogen) atoms. The number of carbonyl (C=O) groups is 1. The lowest BCUT2D eigenvalue weighted by molar-refractivity contribution is -0.302. The lowest BCUT2D eigenvalue weighted by atomic mass is 9.99. The zero-order chi connectivity index (χ0) is 38.1. The Balaban J connectivity index is 2.24. The van der Waals surface area contributed by atoms with Gasteiger partial charge in [0.25, 0.3) is 0 Å². The molecule has 1 aliphatic rings. The number of carbonyl (C=O) groups excluding carboxylic acids is 1. The molecule has 1 fully saturated rings. The molecule has 0 aromatic carbocycles. The van der Waals surface area contributed by atoms with Gasteiger partial charge in [-0.05, 0) is 57.8 Å². The van der Waals surface area contributed by atoms with Crippen LogP contribution < -0.4 is 5.32 Å². The average Bonchev–Trinajstić information content (AvgIpc) is 3.14. The number of unbranched alkanes of at least 4 members (excludes halogenated alkanes) is 14. The van der Waals surface area contributed by atoms with Gasteiger partial charge >= 0.3 is 0 Å². The Labute approximate surface area is 316 Å². The monoisotopic (exact) mass is 734 g/mol. The first-order valence-corrected chi connectivity index (χ1v) is 20.5. The molecule has 0 spiro atoms. The SMILES string of the molecule is CC/C=C\C/C=C\C/C=C\C/C=C\CCCCCCCCCCCCC(=O)NC(COC1OC(CO)C(O)C(O)C1O)C(O)/C=C/CCCCCC. The molecular formula is C43H75NO8. The highest BCUT2D eigenvalue weighted by Gasteiger charge is 2.44. The van der Waals surface area contributed by atoms with Crippen molar-refractivity contribution in [2.75, 3.05) is 13.2 Å². The predicted octanol–water partition coefficient (Wildman–Crippen LogP) is 7.66. The van der Waals surface area contributed by atoms with E-state index in [4.69, 9.17) is 9.47 Å². The molecule has 0 aliphatic carbocycles. The van der Waals surface area contributed by atoms with Crippen LogP contribution in [0, 0.1) is 0 Å². The van der Waals surface area contributed by atoms with Gasteiger partial charge in [-0.25, -0.2) is 0 Å². The van der Waals surface area contributed by atoms with Gasteiger partial charge in [0.1, 0.15) is 24.4 Å². The molecule has 0 aromatic rings. The zero-order valence-electron chi connectivity index (χ0n) is 32.5. The van der Waals surface area contributed by atoms with Crippen molar-refractivity contribution in [2.24, 2.45) is 0 Å². The highest BCUT2D eigenvalue weighted by Crippen LogP contribution is 2.22. The Hall–Kier alpha value is -2.11. The van der Waals surface area contributed by atoms with Crippen molar-refractivity contribution in [3.63, 3.8) is 0 Å². The van der Waals surface area contributed by atoms with Crippen molar-refractivity contribution in [1.29, 1.82) is 0 Å². The van der Waals surface area contributed by atoms with Crippen LogP contribution in [-0.2, 0) is 14.3 Å². The van der Waals surface area contributed by atoms with Gasteiger partial charge in [0.05, 0.1) is 25.4 Å². The summed E-state index contributed by atoms with van der Waals surface area (Å²) in [6.07, 6.45) is 35.8. The molecule has 300 valence electrons. The summed E-state index contributed by atoms with van der Waals surface area (Å²) in [6.45, 7) is 3.55. The molecule has 7 atom stereocenters. The standard InChI is InChI=1S/C43H75NO8/c1-3-5-7-9-11-12-13-14-15-16-17-18-19-20-21-22-23-24-25-26-27-29-31-33-39(47)44-36(37(46)32-30-28-10-8-6-4-2)35-51-43-42(50)41(49)40(48)38(34-45)52-43/h5,7,11-12,14-15,17-18,30,32,36-38,40-43,45-46,48-50H,3-4,6,8-10,13,16,19-29,31,33-35H2,1-2H3,(H,44,47)/b7-5-,12-11-,15-14-,18-17-,32-30+. The minimum absolute atomic E-state index is 0.192. The van der Waals surface area contributed by atoms with Crippen LogP contribution in [0.15, 0.2) is 60.8 Å². The number of amides is 1. The Bertz CT molecular complexity index is 994. The van der Waals surface area contributed by atoms with Crippen LogP contribution in [0.25, 0.3) is 0 Å². The summed E-state index contributed by atoms with van der Waals surface area (Å²) in [5, 5.41) is 53.7. The highest BCUT2D eigenvalue weighted by molar-refractivity contribution is 5.76. The third-order valence-corrected chi connectivity index (χ3v) is 9.35. The molecule has 1 rings (SSSR count). The fourth-order valence-electron chi connectivity index (χ4n) is 6.03. The second kappa shape index (κ2) is 33.5. The van der Waals surface area contributed by atoms with Crippen LogP contribution in [0.1, 0.15) is 149 Å². The second-order valence-electron chi connectivity index (χ2n) is 14.0. The van der Waals surface area contributed by atoms with E-state index in [-0.39, 0.29) is 12.5 Å². The first-order chi connectivity index (χ1) is 25.3. The van der Waals surface area contributed by atoms with Crippen molar-refractivity contribution < 1.29 is 39.8 Å². The van der Waals surface area contributed by atoms with E-state index in [1.165, 1.54) is 44.9 Å². The van der Waals surface area contributed by atoms with Gasteiger partial charge in [-0.1, -0.05) is 145 Å². The van der Waals surface area contributed by atoms with Crippen LogP contribution in [0.3, 0.4) is 0 Å². The van der Waals surface area contributed by atoms with Gasteiger partial charge in [-0.15, -0.1) is 0 Å². The lowest BCUT2D eigenvalue weighted by Gasteiger charge is -2.40. The fraction of sp³-hybridized carbons (Fsp3) is 0.744. The Kier molecular flexibility index (Phi) is 30.8. The third-order valence-electron chi connectivity index (χ3n) is 9.35. The van der Waals surface area contributed by atoms with Crippen molar-refractivity contribution in [3.8, 4) is 0 Å². The molecular weight excluding hydrogens is 658 g/mol. The summed E-state index contributed by atoms with van der Waals surface area (Å²) in [7, 11) is 0. The van der Waals surface area contributed by atoms with E-state index in [0.29, 0.717) is 6.42 Å². The van der Waals surface area contributed by atoms with Crippen LogP contribution in [0.5, 0.6) is 0 Å². The summed E-state index contributed by atoms with van der Waals surface area (Å²) >= 11 is 0. The van der Waals surface area contributed by atoms with E-state index in [9.17, 15) is 30.3 Å². The number of nitrogens with one attached hydrogen (secondary N) is 1. The van der Waals surface area contributed by atoms with Crippen LogP contribution in [0.4, 0.5) is 0 Å². The topological polar surface area (TPSA) is 149 Å². The summed E-state index contributed by atoms with van der Waals surface area (Å²) in [6, 6.07) is -0.805. The fourth-order valence-corrected chi connectivity index (χ4v) is 6.03. The van der Waals surface area contributed by atoms with E-state index in [0.717, 1.165) is 83.5 Å². The minimum atomic E-state index is -1.57. The quantitative estimate of drug-likeness (QED) is 0.0305. The van der Waals surface area contributed by atoms with Crippen LogP contribution in [-0.4, -0.2) is 87.5 Å².